The van der Waals surface area contributed by atoms with Gasteiger partial charge < -0.3 is 24.3 Å². The fraction of sp³-hybridized carbons (Fsp3) is 0.600. The van der Waals surface area contributed by atoms with Crippen LogP contribution in [0.5, 0.6) is 0 Å². The van der Waals surface area contributed by atoms with Crippen molar-refractivity contribution in [3.8, 4) is 0 Å². The summed E-state index contributed by atoms with van der Waals surface area (Å²) in [5.74, 6) is -1.59. The van der Waals surface area contributed by atoms with Crippen LogP contribution in [0.3, 0.4) is 0 Å². The number of esters is 3. The molecular formula is C25H37NO8. The van der Waals surface area contributed by atoms with Gasteiger partial charge in [0.2, 0.25) is 5.91 Å². The SMILES string of the molecule is CC(C)(C)OC(=O)CCCOC(=O)CCCOC(=O)CNC(=O)CCCOCc1ccccc1. The molecule has 9 heteroatoms. The summed E-state index contributed by atoms with van der Waals surface area (Å²) >= 11 is 0. The van der Waals surface area contributed by atoms with Crippen LogP contribution in [-0.4, -0.2) is 55.8 Å². The molecule has 0 aromatic heterocycles. The van der Waals surface area contributed by atoms with E-state index >= 15 is 0 Å². The Morgan fingerprint density at radius 3 is 2.00 bits per heavy atom. The maximum Gasteiger partial charge on any atom is 0.325 e. The first-order valence-electron chi connectivity index (χ1n) is 11.6. The fourth-order valence-corrected chi connectivity index (χ4v) is 2.68. The van der Waals surface area contributed by atoms with E-state index in [2.05, 4.69) is 5.32 Å². The zero-order valence-corrected chi connectivity index (χ0v) is 20.4. The zero-order valence-electron chi connectivity index (χ0n) is 20.4. The van der Waals surface area contributed by atoms with Crippen LogP contribution in [0.25, 0.3) is 0 Å². The number of rotatable bonds is 16. The Hall–Kier alpha value is -2.94. The summed E-state index contributed by atoms with van der Waals surface area (Å²) in [4.78, 5) is 46.7. The van der Waals surface area contributed by atoms with Crippen molar-refractivity contribution in [2.45, 2.75) is 71.5 Å². The number of ether oxygens (including phenoxy) is 4. The van der Waals surface area contributed by atoms with Crippen molar-refractivity contribution in [2.24, 2.45) is 0 Å². The molecule has 0 unspecified atom stereocenters. The van der Waals surface area contributed by atoms with Gasteiger partial charge >= 0.3 is 17.9 Å². The third kappa shape index (κ3) is 16.7. The molecule has 34 heavy (non-hydrogen) atoms. The van der Waals surface area contributed by atoms with Crippen molar-refractivity contribution < 1.29 is 38.1 Å². The number of nitrogens with one attached hydrogen (secondary N) is 1. The summed E-state index contributed by atoms with van der Waals surface area (Å²) < 4.78 is 20.7. The maximum atomic E-state index is 11.8. The largest absolute Gasteiger partial charge is 0.466 e. The Morgan fingerprint density at radius 2 is 1.35 bits per heavy atom. The average molecular weight is 480 g/mol. The minimum absolute atomic E-state index is 0.0506. The van der Waals surface area contributed by atoms with Gasteiger partial charge in [0.05, 0.1) is 19.8 Å². The van der Waals surface area contributed by atoms with Crippen molar-refractivity contribution in [2.75, 3.05) is 26.4 Å². The highest BCUT2D eigenvalue weighted by molar-refractivity contribution is 5.81. The molecule has 1 rings (SSSR count). The van der Waals surface area contributed by atoms with E-state index in [4.69, 9.17) is 18.9 Å². The lowest BCUT2D eigenvalue weighted by molar-refractivity contribution is -0.156. The molecule has 0 saturated carbocycles. The van der Waals surface area contributed by atoms with Crippen LogP contribution in [-0.2, 0) is 44.7 Å². The van der Waals surface area contributed by atoms with Gasteiger partial charge in [-0.2, -0.15) is 0 Å². The first-order valence-corrected chi connectivity index (χ1v) is 11.6. The third-order valence-electron chi connectivity index (χ3n) is 4.23. The van der Waals surface area contributed by atoms with Crippen LogP contribution in [0.2, 0.25) is 0 Å². The average Bonchev–Trinajstić information content (AvgIpc) is 2.77. The minimum Gasteiger partial charge on any atom is -0.466 e. The molecule has 0 atom stereocenters. The molecule has 0 aliphatic heterocycles. The quantitative estimate of drug-likeness (QED) is 0.218. The highest BCUT2D eigenvalue weighted by Crippen LogP contribution is 2.09. The van der Waals surface area contributed by atoms with E-state index in [0.717, 1.165) is 5.56 Å². The summed E-state index contributed by atoms with van der Waals surface area (Å²) in [7, 11) is 0. The third-order valence-corrected chi connectivity index (χ3v) is 4.23. The van der Waals surface area contributed by atoms with Gasteiger partial charge in [-0.3, -0.25) is 19.2 Å². The number of carbonyl (C=O) groups is 4. The molecular weight excluding hydrogens is 442 g/mol. The number of amides is 1. The Balaban J connectivity index is 1.95. The van der Waals surface area contributed by atoms with Gasteiger partial charge in [0.15, 0.2) is 0 Å². The van der Waals surface area contributed by atoms with Gasteiger partial charge in [-0.05, 0) is 45.6 Å². The topological polar surface area (TPSA) is 117 Å². The molecule has 1 aromatic rings. The van der Waals surface area contributed by atoms with Gasteiger partial charge in [-0.25, -0.2) is 0 Å². The first kappa shape index (κ1) is 29.1. The smallest absolute Gasteiger partial charge is 0.325 e. The molecule has 0 aliphatic carbocycles. The fourth-order valence-electron chi connectivity index (χ4n) is 2.68. The molecule has 0 saturated heterocycles. The number of benzene rings is 1. The Bertz CT molecular complexity index is 758. The predicted octanol–water partition coefficient (Wildman–Crippen LogP) is 3.09. The Kier molecular flexibility index (Phi) is 14.2. The molecule has 0 bridgehead atoms. The second-order valence-corrected chi connectivity index (χ2v) is 8.65. The second kappa shape index (κ2) is 16.6. The van der Waals surface area contributed by atoms with Crippen LogP contribution in [0.15, 0.2) is 30.3 Å². The van der Waals surface area contributed by atoms with E-state index < -0.39 is 17.5 Å². The Labute approximate surface area is 201 Å². The van der Waals surface area contributed by atoms with E-state index in [0.29, 0.717) is 32.5 Å². The molecule has 0 fully saturated rings. The van der Waals surface area contributed by atoms with Gasteiger partial charge in [-0.15, -0.1) is 0 Å². The summed E-state index contributed by atoms with van der Waals surface area (Å²) in [6.45, 7) is 6.26. The van der Waals surface area contributed by atoms with Gasteiger partial charge in [0, 0.05) is 25.9 Å². The van der Waals surface area contributed by atoms with Crippen molar-refractivity contribution in [1.82, 2.24) is 5.32 Å². The highest BCUT2D eigenvalue weighted by Gasteiger charge is 2.16. The van der Waals surface area contributed by atoms with Crippen LogP contribution < -0.4 is 5.32 Å². The molecule has 0 heterocycles. The Morgan fingerprint density at radius 1 is 0.765 bits per heavy atom. The van der Waals surface area contributed by atoms with E-state index in [1.807, 2.05) is 30.3 Å². The van der Waals surface area contributed by atoms with Crippen molar-refractivity contribution >= 4 is 23.8 Å². The maximum absolute atomic E-state index is 11.8. The van der Waals surface area contributed by atoms with Crippen molar-refractivity contribution in [3.05, 3.63) is 35.9 Å². The van der Waals surface area contributed by atoms with E-state index in [-0.39, 0.29) is 50.9 Å². The van der Waals surface area contributed by atoms with E-state index in [1.54, 1.807) is 20.8 Å². The lowest BCUT2D eigenvalue weighted by atomic mass is 10.2. The van der Waals surface area contributed by atoms with Crippen molar-refractivity contribution in [3.63, 3.8) is 0 Å². The highest BCUT2D eigenvalue weighted by atomic mass is 16.6. The van der Waals surface area contributed by atoms with Crippen molar-refractivity contribution in [1.29, 1.82) is 0 Å². The monoisotopic (exact) mass is 479 g/mol. The predicted molar refractivity (Wildman–Crippen MR) is 125 cm³/mol. The van der Waals surface area contributed by atoms with E-state index in [1.165, 1.54) is 0 Å². The molecule has 1 N–H and O–H groups in total. The number of hydrogen-bond donors (Lipinski definition) is 1. The van der Waals surface area contributed by atoms with Gasteiger partial charge in [0.1, 0.15) is 12.1 Å². The lowest BCUT2D eigenvalue weighted by Crippen LogP contribution is -2.30. The summed E-state index contributed by atoms with van der Waals surface area (Å²) in [6, 6.07) is 9.75. The van der Waals surface area contributed by atoms with Crippen LogP contribution in [0.1, 0.15) is 64.9 Å². The molecule has 0 aliphatic rings. The van der Waals surface area contributed by atoms with Gasteiger partial charge in [-0.1, -0.05) is 30.3 Å². The molecule has 1 amide bonds. The van der Waals surface area contributed by atoms with Crippen LogP contribution >= 0.6 is 0 Å². The number of carbonyl (C=O) groups excluding carboxylic acids is 4. The molecule has 190 valence electrons. The summed E-state index contributed by atoms with van der Waals surface area (Å²) in [6.07, 6.45) is 1.76. The van der Waals surface area contributed by atoms with Crippen LogP contribution in [0.4, 0.5) is 0 Å². The van der Waals surface area contributed by atoms with E-state index in [9.17, 15) is 19.2 Å². The van der Waals surface area contributed by atoms with Gasteiger partial charge in [0.25, 0.3) is 0 Å². The zero-order chi connectivity index (χ0) is 25.2. The normalized spacial score (nSPS) is 10.9. The first-order chi connectivity index (χ1) is 16.2. The second-order valence-electron chi connectivity index (χ2n) is 8.65. The standard InChI is InChI=1S/C25H37NO8/c1-25(2,3)34-23(29)14-9-16-32-22(28)13-8-17-33-24(30)18-26-21(27)12-7-15-31-19-20-10-5-4-6-11-20/h4-6,10-11H,7-9,12-19H2,1-3H3,(H,26,27). The minimum atomic E-state index is -0.570. The van der Waals surface area contributed by atoms with Crippen LogP contribution in [0, 0.1) is 0 Å². The summed E-state index contributed by atoms with van der Waals surface area (Å²) in [5.41, 5.74) is 0.534. The molecule has 0 spiro atoms. The molecule has 1 aromatic carbocycles. The molecule has 0 radical (unpaired) electrons. The summed E-state index contributed by atoms with van der Waals surface area (Å²) in [5, 5.41) is 2.50. The number of hydrogen-bond acceptors (Lipinski definition) is 8. The lowest BCUT2D eigenvalue weighted by Gasteiger charge is -2.19. The molecule has 9 nitrogen and oxygen atoms in total.